The van der Waals surface area contributed by atoms with E-state index < -0.39 is 17.4 Å². The summed E-state index contributed by atoms with van der Waals surface area (Å²) >= 11 is 0. The zero-order chi connectivity index (χ0) is 14.5. The molecule has 1 rings (SSSR count). The molecule has 0 aromatic heterocycles. The van der Waals surface area contributed by atoms with Crippen molar-refractivity contribution in [3.8, 4) is 0 Å². The van der Waals surface area contributed by atoms with Gasteiger partial charge >= 0.3 is 0 Å². The lowest BCUT2D eigenvalue weighted by Gasteiger charge is -2.20. The van der Waals surface area contributed by atoms with Crippen molar-refractivity contribution >= 4 is 11.8 Å². The molecule has 0 aliphatic rings. The second-order valence-corrected chi connectivity index (χ2v) is 5.22. The van der Waals surface area contributed by atoms with E-state index in [0.717, 1.165) is 5.56 Å². The van der Waals surface area contributed by atoms with Crippen molar-refractivity contribution in [1.82, 2.24) is 10.9 Å². The Morgan fingerprint density at radius 2 is 1.68 bits per heavy atom. The van der Waals surface area contributed by atoms with Crippen LogP contribution in [0.4, 0.5) is 0 Å². The van der Waals surface area contributed by atoms with Crippen molar-refractivity contribution in [2.75, 3.05) is 7.11 Å². The van der Waals surface area contributed by atoms with Crippen molar-refractivity contribution in [2.24, 2.45) is 5.41 Å². The number of hydrogen-bond donors (Lipinski definition) is 2. The summed E-state index contributed by atoms with van der Waals surface area (Å²) in [4.78, 5) is 23.6. The molecule has 0 spiro atoms. The van der Waals surface area contributed by atoms with Gasteiger partial charge in [-0.1, -0.05) is 51.1 Å². The van der Waals surface area contributed by atoms with Crippen molar-refractivity contribution in [1.29, 1.82) is 0 Å². The van der Waals surface area contributed by atoms with Crippen molar-refractivity contribution in [2.45, 2.75) is 26.9 Å². The van der Waals surface area contributed by atoms with Gasteiger partial charge in [0.2, 0.25) is 5.91 Å². The summed E-state index contributed by atoms with van der Waals surface area (Å²) in [7, 11) is 1.45. The summed E-state index contributed by atoms with van der Waals surface area (Å²) in [6.45, 7) is 5.29. The Balaban J connectivity index is 2.64. The third-order valence-corrected chi connectivity index (χ3v) is 2.56. The average molecular weight is 264 g/mol. The number of nitrogens with one attached hydrogen (secondary N) is 2. The first-order valence-corrected chi connectivity index (χ1v) is 6.04. The first-order chi connectivity index (χ1) is 8.86. The molecule has 2 N–H and O–H groups in total. The van der Waals surface area contributed by atoms with Gasteiger partial charge < -0.3 is 4.74 Å². The molecule has 0 saturated carbocycles. The molecule has 0 fully saturated rings. The lowest BCUT2D eigenvalue weighted by Crippen LogP contribution is -2.48. The second-order valence-electron chi connectivity index (χ2n) is 5.22. The minimum Gasteiger partial charge on any atom is -0.367 e. The smallest absolute Gasteiger partial charge is 0.272 e. The Kier molecular flexibility index (Phi) is 5.06. The number of carbonyl (C=O) groups excluding carboxylic acids is 2. The highest BCUT2D eigenvalue weighted by molar-refractivity contribution is 5.87. The number of carbonyl (C=O) groups is 2. The van der Waals surface area contributed by atoms with Gasteiger partial charge in [0.25, 0.3) is 5.91 Å². The van der Waals surface area contributed by atoms with E-state index in [4.69, 9.17) is 4.74 Å². The molecule has 1 aromatic carbocycles. The minimum absolute atomic E-state index is 0.260. The molecule has 1 unspecified atom stereocenters. The van der Waals surface area contributed by atoms with Gasteiger partial charge in [-0.25, -0.2) is 0 Å². The molecule has 0 bridgehead atoms. The number of methoxy groups -OCH3 is 1. The number of ether oxygens (including phenoxy) is 1. The molecule has 5 nitrogen and oxygen atoms in total. The van der Waals surface area contributed by atoms with E-state index in [1.165, 1.54) is 7.11 Å². The number of amides is 2. The van der Waals surface area contributed by atoms with Crippen LogP contribution in [0.3, 0.4) is 0 Å². The Morgan fingerprint density at radius 1 is 1.11 bits per heavy atom. The molecule has 0 saturated heterocycles. The Bertz CT molecular complexity index is 438. The van der Waals surface area contributed by atoms with Crippen LogP contribution in [0.5, 0.6) is 0 Å². The van der Waals surface area contributed by atoms with Gasteiger partial charge in [-0.3, -0.25) is 20.4 Å². The third kappa shape index (κ3) is 4.37. The standard InChI is InChI=1S/C14H20N2O3/c1-14(2,3)13(18)16-15-12(17)11(19-4)10-8-6-5-7-9-10/h5-9,11H,1-4H3,(H,15,17)(H,16,18). The van der Waals surface area contributed by atoms with E-state index in [9.17, 15) is 9.59 Å². The maximum atomic E-state index is 12.0. The van der Waals surface area contributed by atoms with E-state index in [-0.39, 0.29) is 5.91 Å². The van der Waals surface area contributed by atoms with Crippen LogP contribution in [0.1, 0.15) is 32.4 Å². The highest BCUT2D eigenvalue weighted by Gasteiger charge is 2.24. The van der Waals surface area contributed by atoms with Gasteiger partial charge in [0.05, 0.1) is 0 Å². The van der Waals surface area contributed by atoms with Crippen LogP contribution in [0.15, 0.2) is 30.3 Å². The van der Waals surface area contributed by atoms with Gasteiger partial charge in [0.1, 0.15) is 0 Å². The Labute approximate surface area is 113 Å². The normalized spacial score (nSPS) is 12.6. The fourth-order valence-electron chi connectivity index (χ4n) is 1.39. The number of hydrogen-bond acceptors (Lipinski definition) is 3. The summed E-state index contributed by atoms with van der Waals surface area (Å²) in [6.07, 6.45) is -0.749. The second kappa shape index (κ2) is 6.33. The van der Waals surface area contributed by atoms with E-state index in [1.807, 2.05) is 18.2 Å². The molecule has 19 heavy (non-hydrogen) atoms. The van der Waals surface area contributed by atoms with E-state index >= 15 is 0 Å². The third-order valence-electron chi connectivity index (χ3n) is 2.56. The summed E-state index contributed by atoms with van der Waals surface area (Å²) in [5, 5.41) is 0. The van der Waals surface area contributed by atoms with Crippen molar-refractivity contribution in [3.05, 3.63) is 35.9 Å². The van der Waals surface area contributed by atoms with Crippen LogP contribution >= 0.6 is 0 Å². The fourth-order valence-corrected chi connectivity index (χ4v) is 1.39. The molecule has 1 aromatic rings. The maximum Gasteiger partial charge on any atom is 0.272 e. The molecular formula is C14H20N2O3. The maximum absolute atomic E-state index is 12.0. The highest BCUT2D eigenvalue weighted by Crippen LogP contribution is 2.16. The summed E-state index contributed by atoms with van der Waals surface area (Å²) in [5.74, 6) is -0.671. The first-order valence-electron chi connectivity index (χ1n) is 6.04. The quantitative estimate of drug-likeness (QED) is 0.814. The number of hydrazine groups is 1. The molecular weight excluding hydrogens is 244 g/mol. The summed E-state index contributed by atoms with van der Waals surface area (Å²) < 4.78 is 5.15. The Morgan fingerprint density at radius 3 is 2.16 bits per heavy atom. The topological polar surface area (TPSA) is 67.4 Å². The molecule has 0 aliphatic carbocycles. The van der Waals surface area contributed by atoms with Gasteiger partial charge in [0.15, 0.2) is 6.10 Å². The first kappa shape index (κ1) is 15.2. The molecule has 0 heterocycles. The van der Waals surface area contributed by atoms with Crippen LogP contribution in [0.25, 0.3) is 0 Å². The molecule has 0 aliphatic heterocycles. The van der Waals surface area contributed by atoms with Crippen LogP contribution in [-0.2, 0) is 14.3 Å². The average Bonchev–Trinajstić information content (AvgIpc) is 2.37. The fraction of sp³-hybridized carbons (Fsp3) is 0.429. The van der Waals surface area contributed by atoms with E-state index in [0.29, 0.717) is 0 Å². The summed E-state index contributed by atoms with van der Waals surface area (Å²) in [5.41, 5.74) is 4.93. The molecule has 104 valence electrons. The predicted octanol–water partition coefficient (Wildman–Crippen LogP) is 1.57. The van der Waals surface area contributed by atoms with E-state index in [1.54, 1.807) is 32.9 Å². The highest BCUT2D eigenvalue weighted by atomic mass is 16.5. The molecule has 0 radical (unpaired) electrons. The monoisotopic (exact) mass is 264 g/mol. The summed E-state index contributed by atoms with van der Waals surface area (Å²) in [6, 6.07) is 9.08. The lowest BCUT2D eigenvalue weighted by atomic mass is 9.96. The zero-order valence-electron chi connectivity index (χ0n) is 11.7. The molecule has 1 atom stereocenters. The molecule has 5 heteroatoms. The van der Waals surface area contributed by atoms with E-state index in [2.05, 4.69) is 10.9 Å². The zero-order valence-corrected chi connectivity index (χ0v) is 11.7. The largest absolute Gasteiger partial charge is 0.367 e. The van der Waals surface area contributed by atoms with Gasteiger partial charge in [-0.15, -0.1) is 0 Å². The number of rotatable bonds is 3. The SMILES string of the molecule is COC(C(=O)NNC(=O)C(C)(C)C)c1ccccc1. The van der Waals surface area contributed by atoms with Gasteiger partial charge in [-0.2, -0.15) is 0 Å². The molecule has 2 amide bonds. The Hall–Kier alpha value is -1.88. The van der Waals surface area contributed by atoms with Crippen LogP contribution in [-0.4, -0.2) is 18.9 Å². The van der Waals surface area contributed by atoms with Crippen molar-refractivity contribution < 1.29 is 14.3 Å². The lowest BCUT2D eigenvalue weighted by molar-refractivity contribution is -0.138. The number of benzene rings is 1. The van der Waals surface area contributed by atoms with Crippen LogP contribution in [0, 0.1) is 5.41 Å². The minimum atomic E-state index is -0.749. The van der Waals surface area contributed by atoms with Crippen LogP contribution < -0.4 is 10.9 Å². The van der Waals surface area contributed by atoms with Gasteiger partial charge in [0, 0.05) is 12.5 Å². The van der Waals surface area contributed by atoms with Gasteiger partial charge in [-0.05, 0) is 5.56 Å². The van der Waals surface area contributed by atoms with Crippen molar-refractivity contribution in [3.63, 3.8) is 0 Å². The predicted molar refractivity (Wildman–Crippen MR) is 71.9 cm³/mol. The van der Waals surface area contributed by atoms with Crippen LogP contribution in [0.2, 0.25) is 0 Å².